The number of hydrogen-bond donors (Lipinski definition) is 2. The highest BCUT2D eigenvalue weighted by molar-refractivity contribution is 5.62. The molecular formula is C16H32O3. The van der Waals surface area contributed by atoms with Crippen molar-refractivity contribution in [3.05, 3.63) is 12.2 Å². The van der Waals surface area contributed by atoms with Crippen molar-refractivity contribution in [2.24, 2.45) is 0 Å². The monoisotopic (exact) mass is 272 g/mol. The quantitative estimate of drug-likeness (QED) is 0.428. The Labute approximate surface area is 118 Å². The van der Waals surface area contributed by atoms with Crippen molar-refractivity contribution in [1.29, 1.82) is 0 Å². The number of allylic oxidation sites excluding steroid dienone is 1. The van der Waals surface area contributed by atoms with Crippen molar-refractivity contribution < 1.29 is 15.0 Å². The summed E-state index contributed by atoms with van der Waals surface area (Å²) >= 11 is 0. The molecular weight excluding hydrogens is 240 g/mol. The van der Waals surface area contributed by atoms with Gasteiger partial charge in [-0.3, -0.25) is 4.79 Å². The van der Waals surface area contributed by atoms with Gasteiger partial charge >= 0.3 is 0 Å². The van der Waals surface area contributed by atoms with Crippen LogP contribution in [0.5, 0.6) is 0 Å². The number of rotatable bonds is 11. The molecule has 0 fully saturated rings. The summed E-state index contributed by atoms with van der Waals surface area (Å²) in [5.74, 6) is -0.833. The summed E-state index contributed by atoms with van der Waals surface area (Å²) in [7, 11) is 0. The van der Waals surface area contributed by atoms with Crippen molar-refractivity contribution in [2.75, 3.05) is 6.61 Å². The Morgan fingerprint density at radius 2 is 1.32 bits per heavy atom. The van der Waals surface area contributed by atoms with E-state index in [1.165, 1.54) is 57.8 Å². The van der Waals surface area contributed by atoms with Crippen LogP contribution < -0.4 is 0 Å². The van der Waals surface area contributed by atoms with Gasteiger partial charge in [-0.2, -0.15) is 0 Å². The average molecular weight is 272 g/mol. The summed E-state index contributed by atoms with van der Waals surface area (Å²) in [5.41, 5.74) is 0. The number of carboxylic acid groups (broad SMARTS) is 1. The zero-order chi connectivity index (χ0) is 14.8. The van der Waals surface area contributed by atoms with Crippen LogP contribution in [0.1, 0.15) is 78.1 Å². The molecule has 114 valence electrons. The van der Waals surface area contributed by atoms with Gasteiger partial charge in [-0.05, 0) is 19.3 Å². The molecule has 0 amide bonds. The van der Waals surface area contributed by atoms with Gasteiger partial charge in [-0.25, -0.2) is 0 Å². The third-order valence-corrected chi connectivity index (χ3v) is 2.69. The highest BCUT2D eigenvalue weighted by Gasteiger charge is 1.90. The van der Waals surface area contributed by atoms with E-state index in [0.717, 1.165) is 13.3 Å². The van der Waals surface area contributed by atoms with E-state index in [4.69, 9.17) is 15.0 Å². The summed E-state index contributed by atoms with van der Waals surface area (Å²) < 4.78 is 0. The molecule has 0 heterocycles. The normalized spacial score (nSPS) is 10.3. The lowest BCUT2D eigenvalue weighted by atomic mass is 10.1. The van der Waals surface area contributed by atoms with Gasteiger partial charge in [0.1, 0.15) is 0 Å². The fourth-order valence-corrected chi connectivity index (χ4v) is 1.71. The molecule has 0 aromatic carbocycles. The molecule has 0 bridgehead atoms. The molecule has 0 radical (unpaired) electrons. The molecule has 0 saturated heterocycles. The first-order valence-electron chi connectivity index (χ1n) is 7.60. The number of aliphatic carboxylic acids is 1. The van der Waals surface area contributed by atoms with Crippen LogP contribution in [0.25, 0.3) is 0 Å². The summed E-state index contributed by atoms with van der Waals surface area (Å²) in [4.78, 5) is 9.00. The van der Waals surface area contributed by atoms with Crippen molar-refractivity contribution in [1.82, 2.24) is 0 Å². The third kappa shape index (κ3) is 31.7. The van der Waals surface area contributed by atoms with Crippen LogP contribution >= 0.6 is 0 Å². The van der Waals surface area contributed by atoms with Crippen LogP contribution in [0.3, 0.4) is 0 Å². The van der Waals surface area contributed by atoms with E-state index in [-0.39, 0.29) is 6.61 Å². The minimum absolute atomic E-state index is 0.286. The zero-order valence-electron chi connectivity index (χ0n) is 12.7. The van der Waals surface area contributed by atoms with Crippen LogP contribution in [0.2, 0.25) is 0 Å². The predicted octanol–water partition coefficient (Wildman–Crippen LogP) is 4.55. The summed E-state index contributed by atoms with van der Waals surface area (Å²) in [6.45, 7) is 3.63. The highest BCUT2D eigenvalue weighted by Crippen LogP contribution is 2.09. The molecule has 3 nitrogen and oxygen atoms in total. The summed E-state index contributed by atoms with van der Waals surface area (Å²) in [6.07, 6.45) is 17.4. The van der Waals surface area contributed by atoms with E-state index >= 15 is 0 Å². The lowest BCUT2D eigenvalue weighted by molar-refractivity contribution is -0.134. The molecule has 0 saturated carbocycles. The Morgan fingerprint density at radius 1 is 0.895 bits per heavy atom. The van der Waals surface area contributed by atoms with Crippen molar-refractivity contribution >= 4 is 5.97 Å². The van der Waals surface area contributed by atoms with E-state index in [1.807, 2.05) is 0 Å². The van der Waals surface area contributed by atoms with Crippen LogP contribution in [-0.2, 0) is 4.79 Å². The standard InChI is InChI=1S/C14H28O.C2H4O2/c1-2-3-4-5-6-7-8-9-10-11-12-13-14-15;1-2(3)4/h11-12,15H,2-10,13-14H2,1H3;1H3,(H,3,4)/b12-11+;. The second-order valence-corrected chi connectivity index (χ2v) is 4.77. The minimum Gasteiger partial charge on any atom is -0.481 e. The molecule has 0 spiro atoms. The fraction of sp³-hybridized carbons (Fsp3) is 0.812. The van der Waals surface area contributed by atoms with Crippen molar-refractivity contribution in [3.63, 3.8) is 0 Å². The average Bonchev–Trinajstić information content (AvgIpc) is 2.35. The second-order valence-electron chi connectivity index (χ2n) is 4.77. The second kappa shape index (κ2) is 19.5. The lowest BCUT2D eigenvalue weighted by Crippen LogP contribution is -1.80. The molecule has 0 unspecified atom stereocenters. The van der Waals surface area contributed by atoms with Crippen LogP contribution in [0.15, 0.2) is 12.2 Å². The van der Waals surface area contributed by atoms with Crippen LogP contribution in [-0.4, -0.2) is 22.8 Å². The Kier molecular flexibility index (Phi) is 21.0. The molecule has 0 rings (SSSR count). The topological polar surface area (TPSA) is 57.5 Å². The van der Waals surface area contributed by atoms with Gasteiger partial charge in [0.15, 0.2) is 0 Å². The molecule has 0 aliphatic heterocycles. The van der Waals surface area contributed by atoms with E-state index in [9.17, 15) is 0 Å². The number of aliphatic hydroxyl groups is 1. The summed E-state index contributed by atoms with van der Waals surface area (Å²) in [5, 5.41) is 16.0. The first kappa shape index (κ1) is 20.5. The Morgan fingerprint density at radius 3 is 1.79 bits per heavy atom. The Bertz CT molecular complexity index is 196. The lowest BCUT2D eigenvalue weighted by Gasteiger charge is -1.99. The van der Waals surface area contributed by atoms with E-state index in [2.05, 4.69) is 19.1 Å². The number of carboxylic acids is 1. The Hall–Kier alpha value is -0.830. The van der Waals surface area contributed by atoms with Gasteiger partial charge in [0.05, 0.1) is 0 Å². The maximum Gasteiger partial charge on any atom is 0.300 e. The zero-order valence-corrected chi connectivity index (χ0v) is 12.7. The smallest absolute Gasteiger partial charge is 0.300 e. The molecule has 0 aromatic heterocycles. The molecule has 3 heteroatoms. The first-order valence-corrected chi connectivity index (χ1v) is 7.60. The molecule has 2 N–H and O–H groups in total. The first-order chi connectivity index (χ1) is 9.15. The maximum absolute atomic E-state index is 9.00. The maximum atomic E-state index is 9.00. The largest absolute Gasteiger partial charge is 0.481 e. The molecule has 0 atom stereocenters. The van der Waals surface area contributed by atoms with Crippen LogP contribution in [0.4, 0.5) is 0 Å². The number of hydrogen-bond acceptors (Lipinski definition) is 2. The number of carbonyl (C=O) groups is 1. The fourth-order valence-electron chi connectivity index (χ4n) is 1.71. The molecule has 19 heavy (non-hydrogen) atoms. The van der Waals surface area contributed by atoms with Gasteiger partial charge in [-0.1, -0.05) is 64.0 Å². The Balaban J connectivity index is 0. The number of unbranched alkanes of at least 4 members (excludes halogenated alkanes) is 8. The van der Waals surface area contributed by atoms with Crippen molar-refractivity contribution in [2.45, 2.75) is 78.1 Å². The number of aliphatic hydroxyl groups excluding tert-OH is 1. The molecule has 0 aliphatic rings. The molecule has 0 aliphatic carbocycles. The van der Waals surface area contributed by atoms with Crippen LogP contribution in [0, 0.1) is 0 Å². The van der Waals surface area contributed by atoms with Gasteiger partial charge in [0, 0.05) is 13.5 Å². The van der Waals surface area contributed by atoms with Gasteiger partial charge in [0.2, 0.25) is 0 Å². The van der Waals surface area contributed by atoms with Gasteiger partial charge < -0.3 is 10.2 Å². The van der Waals surface area contributed by atoms with Gasteiger partial charge in [0.25, 0.3) is 5.97 Å². The predicted molar refractivity (Wildman–Crippen MR) is 81.4 cm³/mol. The van der Waals surface area contributed by atoms with E-state index < -0.39 is 5.97 Å². The van der Waals surface area contributed by atoms with Crippen molar-refractivity contribution in [3.8, 4) is 0 Å². The van der Waals surface area contributed by atoms with E-state index in [0.29, 0.717) is 0 Å². The third-order valence-electron chi connectivity index (χ3n) is 2.69. The summed E-state index contributed by atoms with van der Waals surface area (Å²) in [6, 6.07) is 0. The highest BCUT2D eigenvalue weighted by atomic mass is 16.4. The van der Waals surface area contributed by atoms with Gasteiger partial charge in [-0.15, -0.1) is 0 Å². The van der Waals surface area contributed by atoms with E-state index in [1.54, 1.807) is 0 Å². The SMILES string of the molecule is CC(=O)O.CCCCCCCCCC/C=C/CCO. The minimum atomic E-state index is -0.833. The molecule has 0 aromatic rings.